The molecule has 0 aliphatic heterocycles. The van der Waals surface area contributed by atoms with Crippen LogP contribution in [0.15, 0.2) is 57.6 Å². The van der Waals surface area contributed by atoms with E-state index < -0.39 is 5.56 Å². The fourth-order valence-electron chi connectivity index (χ4n) is 1.85. The van der Waals surface area contributed by atoms with Crippen LogP contribution in [-0.2, 0) is 0 Å². The molecular formula is C14H9Cl2N5O. The van der Waals surface area contributed by atoms with Crippen molar-refractivity contribution in [1.82, 2.24) is 15.2 Å². The first-order valence-electron chi connectivity index (χ1n) is 6.23. The van der Waals surface area contributed by atoms with Crippen LogP contribution in [0.1, 0.15) is 0 Å². The Morgan fingerprint density at radius 1 is 1.00 bits per heavy atom. The topological polar surface area (TPSA) is 86.3 Å². The van der Waals surface area contributed by atoms with Crippen LogP contribution >= 0.6 is 23.2 Å². The van der Waals surface area contributed by atoms with E-state index in [-0.39, 0.29) is 5.69 Å². The molecule has 110 valence electrons. The van der Waals surface area contributed by atoms with Gasteiger partial charge in [-0.05, 0) is 30.3 Å². The van der Waals surface area contributed by atoms with Crippen LogP contribution in [-0.4, -0.2) is 15.2 Å². The lowest BCUT2D eigenvalue weighted by Gasteiger charge is -1.97. The highest BCUT2D eigenvalue weighted by atomic mass is 35.5. The van der Waals surface area contributed by atoms with E-state index in [9.17, 15) is 4.79 Å². The van der Waals surface area contributed by atoms with Gasteiger partial charge in [-0.15, -0.1) is 5.11 Å². The number of aromatic amines is 2. The molecule has 0 aliphatic rings. The fourth-order valence-corrected chi connectivity index (χ4v) is 2.36. The van der Waals surface area contributed by atoms with Crippen molar-refractivity contribution in [2.45, 2.75) is 0 Å². The molecule has 0 amide bonds. The molecule has 0 saturated heterocycles. The van der Waals surface area contributed by atoms with Crippen molar-refractivity contribution >= 4 is 34.6 Å². The molecule has 0 fully saturated rings. The molecule has 0 spiro atoms. The average Bonchev–Trinajstić information content (AvgIpc) is 2.86. The number of aromatic nitrogens is 3. The smallest absolute Gasteiger partial charge is 0.292 e. The van der Waals surface area contributed by atoms with Crippen LogP contribution in [0.3, 0.4) is 0 Å². The van der Waals surface area contributed by atoms with Crippen molar-refractivity contribution in [1.29, 1.82) is 0 Å². The summed E-state index contributed by atoms with van der Waals surface area (Å²) in [5.74, 6) is 0. The van der Waals surface area contributed by atoms with E-state index in [2.05, 4.69) is 25.4 Å². The lowest BCUT2D eigenvalue weighted by molar-refractivity contribution is 1.05. The summed E-state index contributed by atoms with van der Waals surface area (Å²) in [4.78, 5) is 16.0. The van der Waals surface area contributed by atoms with Crippen molar-refractivity contribution in [2.24, 2.45) is 10.2 Å². The van der Waals surface area contributed by atoms with Gasteiger partial charge in [0.05, 0.1) is 11.4 Å². The second-order valence-electron chi connectivity index (χ2n) is 4.35. The average molecular weight is 334 g/mol. The number of nitrogens with zero attached hydrogens (tertiary/aromatic N) is 3. The van der Waals surface area contributed by atoms with Gasteiger partial charge in [-0.3, -0.25) is 20.0 Å². The summed E-state index contributed by atoms with van der Waals surface area (Å²) < 4.78 is 0. The monoisotopic (exact) mass is 333 g/mol. The van der Waals surface area contributed by atoms with E-state index in [0.29, 0.717) is 27.1 Å². The number of azo groups is 1. The maximum Gasteiger partial charge on any atom is 0.292 e. The van der Waals surface area contributed by atoms with Gasteiger partial charge in [0.25, 0.3) is 5.56 Å². The molecule has 2 N–H and O–H groups in total. The Bertz CT molecular complexity index is 865. The maximum absolute atomic E-state index is 11.8. The molecule has 22 heavy (non-hydrogen) atoms. The normalized spacial score (nSPS) is 11.2. The standard InChI is InChI=1S/C14H9Cl2N5O/c15-8-5-9(16)7-10(6-8)18-20-13-12(19-21-14(13)22)11-3-1-2-4-17-11/h1-7H,(H2,19,21,22). The third kappa shape index (κ3) is 3.08. The van der Waals surface area contributed by atoms with Crippen LogP contribution in [0.2, 0.25) is 10.0 Å². The molecule has 2 aromatic heterocycles. The molecule has 1 aromatic carbocycles. The van der Waals surface area contributed by atoms with E-state index in [4.69, 9.17) is 23.2 Å². The number of pyridine rings is 1. The zero-order valence-electron chi connectivity index (χ0n) is 11.0. The number of H-pyrrole nitrogens is 2. The minimum absolute atomic E-state index is 0.134. The van der Waals surface area contributed by atoms with Crippen LogP contribution in [0, 0.1) is 0 Å². The summed E-state index contributed by atoms with van der Waals surface area (Å²) in [5, 5.41) is 14.1. The van der Waals surface area contributed by atoms with Crippen LogP contribution in [0.4, 0.5) is 11.4 Å². The van der Waals surface area contributed by atoms with E-state index >= 15 is 0 Å². The number of halogens is 2. The number of benzene rings is 1. The van der Waals surface area contributed by atoms with Crippen LogP contribution in [0.5, 0.6) is 0 Å². The molecule has 0 bridgehead atoms. The van der Waals surface area contributed by atoms with E-state index in [0.717, 1.165) is 0 Å². The molecule has 0 aliphatic carbocycles. The lowest BCUT2D eigenvalue weighted by Crippen LogP contribution is -1.96. The molecule has 0 radical (unpaired) electrons. The Morgan fingerprint density at radius 3 is 2.45 bits per heavy atom. The second kappa shape index (κ2) is 6.13. The number of nitrogens with one attached hydrogen (secondary N) is 2. The highest BCUT2D eigenvalue weighted by Crippen LogP contribution is 2.28. The van der Waals surface area contributed by atoms with Crippen molar-refractivity contribution in [2.75, 3.05) is 0 Å². The van der Waals surface area contributed by atoms with Crippen molar-refractivity contribution < 1.29 is 0 Å². The van der Waals surface area contributed by atoms with Crippen molar-refractivity contribution in [3.63, 3.8) is 0 Å². The lowest BCUT2D eigenvalue weighted by atomic mass is 10.2. The predicted octanol–water partition coefficient (Wildman–Crippen LogP) is 4.49. The van der Waals surface area contributed by atoms with Gasteiger partial charge in [0.1, 0.15) is 5.69 Å². The van der Waals surface area contributed by atoms with Gasteiger partial charge in [-0.2, -0.15) is 5.11 Å². The highest BCUT2D eigenvalue weighted by Gasteiger charge is 2.12. The zero-order valence-corrected chi connectivity index (χ0v) is 12.6. The minimum Gasteiger partial charge on any atom is -0.294 e. The third-order valence-electron chi connectivity index (χ3n) is 2.79. The highest BCUT2D eigenvalue weighted by molar-refractivity contribution is 6.35. The molecule has 8 heteroatoms. The molecule has 3 aromatic rings. The van der Waals surface area contributed by atoms with Gasteiger partial charge in [0.2, 0.25) is 0 Å². The van der Waals surface area contributed by atoms with E-state index in [1.165, 1.54) is 0 Å². The summed E-state index contributed by atoms with van der Waals surface area (Å²) in [6, 6.07) is 10.1. The van der Waals surface area contributed by atoms with Crippen LogP contribution < -0.4 is 5.56 Å². The molecule has 2 heterocycles. The Kier molecular flexibility index (Phi) is 4.04. The minimum atomic E-state index is -0.391. The first-order valence-corrected chi connectivity index (χ1v) is 6.99. The van der Waals surface area contributed by atoms with E-state index in [1.807, 2.05) is 6.07 Å². The number of rotatable bonds is 3. The summed E-state index contributed by atoms with van der Waals surface area (Å²) >= 11 is 11.8. The Hall–Kier alpha value is -2.44. The van der Waals surface area contributed by atoms with Gasteiger partial charge in [-0.25, -0.2) is 0 Å². The number of hydrogen-bond acceptors (Lipinski definition) is 4. The van der Waals surface area contributed by atoms with Gasteiger partial charge < -0.3 is 0 Å². The predicted molar refractivity (Wildman–Crippen MR) is 85.3 cm³/mol. The quantitative estimate of drug-likeness (QED) is 0.692. The SMILES string of the molecule is O=c1[nH][nH]c(-c2ccccn2)c1N=Nc1cc(Cl)cc(Cl)c1. The van der Waals surface area contributed by atoms with Gasteiger partial charge in [-0.1, -0.05) is 29.3 Å². The third-order valence-corrected chi connectivity index (χ3v) is 3.22. The second-order valence-corrected chi connectivity index (χ2v) is 5.22. The maximum atomic E-state index is 11.8. The van der Waals surface area contributed by atoms with Gasteiger partial charge in [0, 0.05) is 16.2 Å². The largest absolute Gasteiger partial charge is 0.294 e. The summed E-state index contributed by atoms with van der Waals surface area (Å²) in [5.41, 5.74) is 1.23. The number of hydrogen-bond donors (Lipinski definition) is 2. The zero-order chi connectivity index (χ0) is 15.5. The first-order chi connectivity index (χ1) is 10.6. The van der Waals surface area contributed by atoms with E-state index in [1.54, 1.807) is 36.5 Å². The molecule has 6 nitrogen and oxygen atoms in total. The molecular weight excluding hydrogens is 325 g/mol. The molecule has 0 saturated carbocycles. The van der Waals surface area contributed by atoms with Crippen molar-refractivity contribution in [3.05, 3.63) is 63.0 Å². The summed E-state index contributed by atoms with van der Waals surface area (Å²) in [7, 11) is 0. The molecule has 0 unspecified atom stereocenters. The van der Waals surface area contributed by atoms with Crippen molar-refractivity contribution in [3.8, 4) is 11.4 Å². The molecule has 3 rings (SSSR count). The summed E-state index contributed by atoms with van der Waals surface area (Å²) in [6.07, 6.45) is 1.62. The first kappa shape index (κ1) is 14.5. The Labute approximate surface area is 134 Å². The Morgan fingerprint density at radius 2 is 1.77 bits per heavy atom. The molecule has 0 atom stereocenters. The Balaban J connectivity index is 2.01. The fraction of sp³-hybridized carbons (Fsp3) is 0. The van der Waals surface area contributed by atoms with Crippen LogP contribution in [0.25, 0.3) is 11.4 Å². The summed E-state index contributed by atoms with van der Waals surface area (Å²) in [6.45, 7) is 0. The van der Waals surface area contributed by atoms with Gasteiger partial charge >= 0.3 is 0 Å². The van der Waals surface area contributed by atoms with Gasteiger partial charge in [0.15, 0.2) is 5.69 Å².